The van der Waals surface area contributed by atoms with Crippen LogP contribution in [0.5, 0.6) is 0 Å². The Morgan fingerprint density at radius 3 is 2.72 bits per heavy atom. The quantitative estimate of drug-likeness (QED) is 0.359. The lowest BCUT2D eigenvalue weighted by atomic mass is 10.2. The molecule has 5 heteroatoms. The number of ether oxygens (including phenoxy) is 1. The van der Waals surface area contributed by atoms with E-state index >= 15 is 0 Å². The van der Waals surface area contributed by atoms with Gasteiger partial charge in [-0.25, -0.2) is 4.57 Å². The predicted octanol–water partition coefficient (Wildman–Crippen LogP) is 2.23. The van der Waals surface area contributed by atoms with Crippen LogP contribution in [0.4, 0.5) is 0 Å². The second-order valence-electron chi connectivity index (χ2n) is 4.40. The topological polar surface area (TPSA) is 30.2 Å². The van der Waals surface area contributed by atoms with Gasteiger partial charge in [-0.05, 0) is 12.5 Å². The summed E-state index contributed by atoms with van der Waals surface area (Å²) in [5.74, 6) is 1.88. The number of carbonyl (C=O) groups excluding carboxylic acids is 1. The fraction of sp³-hybridized carbons (Fsp3) is 0.538. The predicted molar refractivity (Wildman–Crippen MR) is 75.4 cm³/mol. The van der Waals surface area contributed by atoms with E-state index in [4.69, 9.17) is 4.74 Å². The van der Waals surface area contributed by atoms with Crippen LogP contribution in [0.2, 0.25) is 0 Å². The Kier molecular flexibility index (Phi) is 5.38. The zero-order chi connectivity index (χ0) is 12.8. The standard InChI is InChI=1S/C13H18NO2S2/c1-11-3-6-14(7-4-11)5-2-8-16-13(15)12-9-17-18-10-12/h3-4,6-7,12H,2,5,8-10H2,1H3/q+1. The molecular weight excluding hydrogens is 266 g/mol. The van der Waals surface area contributed by atoms with Crippen LogP contribution < -0.4 is 4.57 Å². The number of aryl methyl sites for hydroxylation is 2. The van der Waals surface area contributed by atoms with Crippen LogP contribution in [0.15, 0.2) is 24.5 Å². The van der Waals surface area contributed by atoms with E-state index < -0.39 is 0 Å². The number of hydrogen-bond donors (Lipinski definition) is 0. The van der Waals surface area contributed by atoms with Gasteiger partial charge in [0, 0.05) is 30.1 Å². The molecule has 1 fully saturated rings. The highest BCUT2D eigenvalue weighted by Crippen LogP contribution is 2.35. The van der Waals surface area contributed by atoms with Gasteiger partial charge in [-0.15, -0.1) is 0 Å². The van der Waals surface area contributed by atoms with Gasteiger partial charge in [-0.3, -0.25) is 4.79 Å². The first-order valence-electron chi connectivity index (χ1n) is 6.12. The molecule has 0 N–H and O–H groups in total. The van der Waals surface area contributed by atoms with Gasteiger partial charge in [-0.2, -0.15) is 0 Å². The molecule has 0 saturated carbocycles. The van der Waals surface area contributed by atoms with Crippen molar-refractivity contribution in [3.05, 3.63) is 30.1 Å². The summed E-state index contributed by atoms with van der Waals surface area (Å²) in [6, 6.07) is 4.16. The highest BCUT2D eigenvalue weighted by Gasteiger charge is 2.25. The van der Waals surface area contributed by atoms with Gasteiger partial charge in [0.2, 0.25) is 0 Å². The summed E-state index contributed by atoms with van der Waals surface area (Å²) in [4.78, 5) is 11.6. The van der Waals surface area contributed by atoms with Crippen LogP contribution in [0, 0.1) is 12.8 Å². The van der Waals surface area contributed by atoms with E-state index in [0.29, 0.717) is 6.61 Å². The van der Waals surface area contributed by atoms with Gasteiger partial charge >= 0.3 is 5.97 Å². The Labute approximate surface area is 116 Å². The van der Waals surface area contributed by atoms with Crippen LogP contribution in [0.3, 0.4) is 0 Å². The lowest BCUT2D eigenvalue weighted by Crippen LogP contribution is -2.33. The first kappa shape index (κ1) is 13.7. The SMILES string of the molecule is Cc1cc[n+](CCCOC(=O)C2CSSC2)cc1. The van der Waals surface area contributed by atoms with Gasteiger partial charge in [0.25, 0.3) is 0 Å². The molecule has 0 radical (unpaired) electrons. The van der Waals surface area contributed by atoms with Crippen molar-refractivity contribution in [1.29, 1.82) is 0 Å². The fourth-order valence-corrected chi connectivity index (χ4v) is 4.40. The summed E-state index contributed by atoms with van der Waals surface area (Å²) >= 11 is 0. The van der Waals surface area contributed by atoms with Gasteiger partial charge in [0.15, 0.2) is 18.9 Å². The molecule has 1 aliphatic heterocycles. The molecule has 2 rings (SSSR count). The molecule has 0 atom stereocenters. The fourth-order valence-electron chi connectivity index (χ4n) is 1.66. The van der Waals surface area contributed by atoms with E-state index in [9.17, 15) is 4.79 Å². The number of hydrogen-bond acceptors (Lipinski definition) is 4. The highest BCUT2D eigenvalue weighted by atomic mass is 33.1. The molecule has 1 aliphatic rings. The number of carbonyl (C=O) groups is 1. The van der Waals surface area contributed by atoms with E-state index in [2.05, 4.69) is 36.0 Å². The molecule has 3 nitrogen and oxygen atoms in total. The maximum atomic E-state index is 11.6. The lowest BCUT2D eigenvalue weighted by Gasteiger charge is -2.07. The van der Waals surface area contributed by atoms with Crippen molar-refractivity contribution in [3.63, 3.8) is 0 Å². The molecule has 0 aromatic carbocycles. The normalized spacial score (nSPS) is 15.8. The van der Waals surface area contributed by atoms with Gasteiger partial charge < -0.3 is 4.74 Å². The molecule has 0 bridgehead atoms. The zero-order valence-electron chi connectivity index (χ0n) is 10.5. The number of pyridine rings is 1. The molecular formula is C13H18NO2S2+. The third-order valence-electron chi connectivity index (χ3n) is 2.82. The Morgan fingerprint density at radius 1 is 1.39 bits per heavy atom. The molecule has 1 saturated heterocycles. The van der Waals surface area contributed by atoms with Crippen molar-refractivity contribution in [2.75, 3.05) is 18.1 Å². The lowest BCUT2D eigenvalue weighted by molar-refractivity contribution is -0.697. The minimum atomic E-state index is -0.0265. The number of nitrogens with zero attached hydrogens (tertiary/aromatic N) is 1. The Hall–Kier alpha value is -0.680. The van der Waals surface area contributed by atoms with Crippen molar-refractivity contribution in [2.24, 2.45) is 5.92 Å². The van der Waals surface area contributed by atoms with Gasteiger partial charge in [-0.1, -0.05) is 21.6 Å². The Bertz CT molecular complexity index is 388. The molecule has 0 amide bonds. The zero-order valence-corrected chi connectivity index (χ0v) is 12.1. The highest BCUT2D eigenvalue weighted by molar-refractivity contribution is 8.77. The summed E-state index contributed by atoms with van der Waals surface area (Å²) in [5.41, 5.74) is 1.26. The third-order valence-corrected chi connectivity index (χ3v) is 5.38. The van der Waals surface area contributed by atoms with Gasteiger partial charge in [0.1, 0.15) is 0 Å². The van der Waals surface area contributed by atoms with E-state index in [1.807, 2.05) is 0 Å². The summed E-state index contributed by atoms with van der Waals surface area (Å²) in [5, 5.41) is 0. The average molecular weight is 284 g/mol. The second kappa shape index (κ2) is 7.04. The van der Waals surface area contributed by atoms with Crippen molar-refractivity contribution in [1.82, 2.24) is 0 Å². The van der Waals surface area contributed by atoms with Crippen LogP contribution in [-0.2, 0) is 16.1 Å². The molecule has 2 heterocycles. The Balaban J connectivity index is 1.63. The van der Waals surface area contributed by atoms with Crippen LogP contribution in [0.25, 0.3) is 0 Å². The third kappa shape index (κ3) is 4.21. The summed E-state index contributed by atoms with van der Waals surface area (Å²) in [6.45, 7) is 3.48. The molecule has 0 unspecified atom stereocenters. The first-order chi connectivity index (χ1) is 8.75. The molecule has 1 aromatic rings. The molecule has 0 spiro atoms. The van der Waals surface area contributed by atoms with Crippen LogP contribution >= 0.6 is 21.6 Å². The van der Waals surface area contributed by atoms with Crippen molar-refractivity contribution in [2.45, 2.75) is 19.9 Å². The molecule has 0 aliphatic carbocycles. The minimum Gasteiger partial charge on any atom is -0.465 e. The van der Waals surface area contributed by atoms with E-state index in [0.717, 1.165) is 24.5 Å². The van der Waals surface area contributed by atoms with E-state index in [1.165, 1.54) is 5.56 Å². The minimum absolute atomic E-state index is 0.0265. The summed E-state index contributed by atoms with van der Waals surface area (Å²) < 4.78 is 7.41. The molecule has 1 aromatic heterocycles. The Morgan fingerprint density at radius 2 is 2.06 bits per heavy atom. The maximum absolute atomic E-state index is 11.6. The van der Waals surface area contributed by atoms with E-state index in [1.54, 1.807) is 21.6 Å². The summed E-state index contributed by atoms with van der Waals surface area (Å²) in [6.07, 6.45) is 4.98. The van der Waals surface area contributed by atoms with Crippen molar-refractivity contribution in [3.8, 4) is 0 Å². The number of rotatable bonds is 5. The molecule has 18 heavy (non-hydrogen) atoms. The van der Waals surface area contributed by atoms with Crippen LogP contribution in [-0.4, -0.2) is 24.1 Å². The first-order valence-corrected chi connectivity index (χ1v) is 8.61. The number of esters is 1. The van der Waals surface area contributed by atoms with Crippen molar-refractivity contribution < 1.29 is 14.1 Å². The van der Waals surface area contributed by atoms with Crippen molar-refractivity contribution >= 4 is 27.6 Å². The monoisotopic (exact) mass is 284 g/mol. The second-order valence-corrected chi connectivity index (χ2v) is 6.95. The van der Waals surface area contributed by atoms with Gasteiger partial charge in [0.05, 0.1) is 12.5 Å². The smallest absolute Gasteiger partial charge is 0.310 e. The largest absolute Gasteiger partial charge is 0.465 e. The average Bonchev–Trinajstić information content (AvgIpc) is 2.90. The maximum Gasteiger partial charge on any atom is 0.310 e. The van der Waals surface area contributed by atoms with Crippen LogP contribution in [0.1, 0.15) is 12.0 Å². The number of aromatic nitrogens is 1. The summed E-state index contributed by atoms with van der Waals surface area (Å²) in [7, 11) is 3.52. The molecule has 98 valence electrons. The van der Waals surface area contributed by atoms with E-state index in [-0.39, 0.29) is 11.9 Å².